The number of rotatable bonds is 2. The molecule has 0 fully saturated rings. The number of hydrogen-bond donors (Lipinski definition) is 1. The molecule has 0 aliphatic heterocycles. The van der Waals surface area contributed by atoms with Crippen molar-refractivity contribution in [3.8, 4) is 0 Å². The molecule has 0 rings (SSSR count). The van der Waals surface area contributed by atoms with Crippen molar-refractivity contribution in [2.24, 2.45) is 4.99 Å². The van der Waals surface area contributed by atoms with Crippen molar-refractivity contribution in [1.82, 2.24) is 5.54 Å². The fourth-order valence-corrected chi connectivity index (χ4v) is 0.218. The Bertz CT molecular complexity index is 107. The Balaban J connectivity index is 3.57. The van der Waals surface area contributed by atoms with Gasteiger partial charge >= 0.3 is 0 Å². The smallest absolute Gasteiger partial charge is 0.0413 e. The van der Waals surface area contributed by atoms with Crippen LogP contribution in [0.3, 0.4) is 0 Å². The highest BCUT2D eigenvalue weighted by atomic mass is 19.2. The molecule has 8 heavy (non-hydrogen) atoms. The molecule has 0 aliphatic carbocycles. The molecule has 0 radical (unpaired) electrons. The molecular formula is C5H9FN2. The Morgan fingerprint density at radius 2 is 2.38 bits per heavy atom. The third kappa shape index (κ3) is 3.33. The van der Waals surface area contributed by atoms with E-state index in [2.05, 4.69) is 4.99 Å². The van der Waals surface area contributed by atoms with Gasteiger partial charge in [0.2, 0.25) is 0 Å². The molecule has 0 aromatic rings. The van der Waals surface area contributed by atoms with Crippen LogP contribution in [0.25, 0.3) is 0 Å². The van der Waals surface area contributed by atoms with Gasteiger partial charge in [0.15, 0.2) is 0 Å². The van der Waals surface area contributed by atoms with Crippen LogP contribution >= 0.6 is 0 Å². The molecule has 0 heterocycles. The highest BCUT2D eigenvalue weighted by Crippen LogP contribution is 1.81. The zero-order valence-corrected chi connectivity index (χ0v) is 4.98. The second-order valence-corrected chi connectivity index (χ2v) is 1.35. The second kappa shape index (κ2) is 4.30. The highest BCUT2D eigenvalue weighted by Gasteiger charge is 1.76. The Hall–Kier alpha value is -0.860. The molecule has 3 heteroatoms. The molecular weight excluding hydrogens is 107 g/mol. The molecule has 0 aliphatic rings. The van der Waals surface area contributed by atoms with Gasteiger partial charge in [-0.2, -0.15) is 0 Å². The number of hydrogen-bond acceptors (Lipinski definition) is 2. The third-order valence-corrected chi connectivity index (χ3v) is 0.623. The minimum atomic E-state index is 0.454. The first-order chi connectivity index (χ1) is 3.81. The fraction of sp³-hybridized carbons (Fsp3) is 0.400. The molecule has 0 unspecified atom stereocenters. The molecule has 46 valence electrons. The van der Waals surface area contributed by atoms with E-state index in [0.717, 1.165) is 0 Å². The molecule has 0 saturated heterocycles. The largest absolute Gasteiger partial charge is 0.296 e. The molecule has 0 atom stereocenters. The predicted octanol–water partition coefficient (Wildman–Crippen LogP) is 1.06. The Morgan fingerprint density at radius 1 is 1.75 bits per heavy atom. The Kier molecular flexibility index (Phi) is 3.84. The molecule has 0 aromatic carbocycles. The van der Waals surface area contributed by atoms with E-state index in [1.54, 1.807) is 20.0 Å². The van der Waals surface area contributed by atoms with Crippen LogP contribution in [0.2, 0.25) is 0 Å². The van der Waals surface area contributed by atoms with Crippen LogP contribution in [-0.2, 0) is 0 Å². The first-order valence-corrected chi connectivity index (χ1v) is 2.27. The summed E-state index contributed by atoms with van der Waals surface area (Å²) in [6, 6.07) is 0. The zero-order valence-electron chi connectivity index (χ0n) is 4.98. The van der Waals surface area contributed by atoms with Crippen molar-refractivity contribution < 1.29 is 4.48 Å². The van der Waals surface area contributed by atoms with Crippen molar-refractivity contribution in [1.29, 1.82) is 0 Å². The van der Waals surface area contributed by atoms with Gasteiger partial charge in [-0.15, -0.1) is 4.48 Å². The lowest BCUT2D eigenvalue weighted by Gasteiger charge is -1.87. The molecule has 1 N–H and O–H groups in total. The summed E-state index contributed by atoms with van der Waals surface area (Å²) in [5.74, 6) is 0. The van der Waals surface area contributed by atoms with Crippen molar-refractivity contribution in [3.63, 3.8) is 0 Å². The minimum Gasteiger partial charge on any atom is -0.296 e. The Morgan fingerprint density at radius 3 is 2.75 bits per heavy atom. The van der Waals surface area contributed by atoms with Crippen molar-refractivity contribution in [2.75, 3.05) is 7.05 Å². The van der Waals surface area contributed by atoms with Crippen LogP contribution in [0.5, 0.6) is 0 Å². The monoisotopic (exact) mass is 116 g/mol. The van der Waals surface area contributed by atoms with E-state index in [1.165, 1.54) is 11.8 Å². The lowest BCUT2D eigenvalue weighted by molar-refractivity contribution is 0.386. The molecule has 0 spiro atoms. The third-order valence-electron chi connectivity index (χ3n) is 0.623. The molecule has 0 amide bonds. The van der Waals surface area contributed by atoms with Crippen molar-refractivity contribution in [3.05, 3.63) is 11.8 Å². The van der Waals surface area contributed by atoms with Crippen LogP contribution in [0.1, 0.15) is 6.92 Å². The Labute approximate surface area is 48.1 Å². The van der Waals surface area contributed by atoms with Gasteiger partial charge in [0.05, 0.1) is 0 Å². The zero-order chi connectivity index (χ0) is 6.41. The molecule has 2 nitrogen and oxygen atoms in total. The summed E-state index contributed by atoms with van der Waals surface area (Å²) < 4.78 is 11.3. The summed E-state index contributed by atoms with van der Waals surface area (Å²) in [4.78, 5) is 3.62. The van der Waals surface area contributed by atoms with Gasteiger partial charge in [0, 0.05) is 19.0 Å². The van der Waals surface area contributed by atoms with Gasteiger partial charge in [0.25, 0.3) is 0 Å². The summed E-state index contributed by atoms with van der Waals surface area (Å²) >= 11 is 0. The van der Waals surface area contributed by atoms with Crippen LogP contribution in [-0.4, -0.2) is 13.3 Å². The molecule has 0 bridgehead atoms. The fourth-order valence-electron chi connectivity index (χ4n) is 0.218. The summed E-state index contributed by atoms with van der Waals surface area (Å²) in [6.07, 6.45) is 3.06. The average molecular weight is 116 g/mol. The van der Waals surface area contributed by atoms with Gasteiger partial charge in [-0.25, -0.2) is 5.54 Å². The number of nitrogens with one attached hydrogen (secondary N) is 1. The number of halogens is 1. The van der Waals surface area contributed by atoms with E-state index in [9.17, 15) is 4.48 Å². The molecule has 0 aromatic heterocycles. The van der Waals surface area contributed by atoms with E-state index < -0.39 is 0 Å². The predicted molar refractivity (Wildman–Crippen MR) is 32.4 cm³/mol. The van der Waals surface area contributed by atoms with E-state index in [-0.39, 0.29) is 0 Å². The van der Waals surface area contributed by atoms with Gasteiger partial charge in [-0.1, -0.05) is 0 Å². The SMILES string of the molecule is CN=C/C=C(\C)NF. The quantitative estimate of drug-likeness (QED) is 0.423. The van der Waals surface area contributed by atoms with Gasteiger partial charge in [0.1, 0.15) is 0 Å². The summed E-state index contributed by atoms with van der Waals surface area (Å²) in [5.41, 5.74) is 1.92. The van der Waals surface area contributed by atoms with E-state index in [1.807, 2.05) is 0 Å². The van der Waals surface area contributed by atoms with E-state index >= 15 is 0 Å². The van der Waals surface area contributed by atoms with E-state index in [0.29, 0.717) is 5.70 Å². The first kappa shape index (κ1) is 7.14. The average Bonchev–Trinajstić information content (AvgIpc) is 1.83. The highest BCUT2D eigenvalue weighted by molar-refractivity contribution is 5.71. The van der Waals surface area contributed by atoms with Crippen LogP contribution in [0.4, 0.5) is 4.48 Å². The standard InChI is InChI=1S/C5H9FN2/c1-5(8-6)3-4-7-2/h3-4,8H,1-2H3/b5-3+,7-4?. The van der Waals surface area contributed by atoms with Crippen LogP contribution < -0.4 is 5.54 Å². The first-order valence-electron chi connectivity index (χ1n) is 2.27. The number of aliphatic imine (C=N–C) groups is 1. The second-order valence-electron chi connectivity index (χ2n) is 1.35. The normalized spacial score (nSPS) is 12.6. The summed E-state index contributed by atoms with van der Waals surface area (Å²) in [7, 11) is 1.63. The van der Waals surface area contributed by atoms with Gasteiger partial charge < -0.3 is 0 Å². The van der Waals surface area contributed by atoms with Gasteiger partial charge in [-0.3, -0.25) is 4.99 Å². The van der Waals surface area contributed by atoms with Crippen LogP contribution in [0.15, 0.2) is 16.8 Å². The lowest BCUT2D eigenvalue weighted by atomic mass is 10.5. The van der Waals surface area contributed by atoms with Crippen molar-refractivity contribution >= 4 is 6.21 Å². The molecule has 0 saturated carbocycles. The van der Waals surface area contributed by atoms with Crippen molar-refractivity contribution in [2.45, 2.75) is 6.92 Å². The number of allylic oxidation sites excluding steroid dienone is 2. The summed E-state index contributed by atoms with van der Waals surface area (Å²) in [5, 5.41) is 0. The lowest BCUT2D eigenvalue weighted by Crippen LogP contribution is -1.94. The maximum Gasteiger partial charge on any atom is 0.0413 e. The number of nitrogens with zero attached hydrogens (tertiary/aromatic N) is 1. The van der Waals surface area contributed by atoms with E-state index in [4.69, 9.17) is 0 Å². The minimum absolute atomic E-state index is 0.454. The van der Waals surface area contributed by atoms with Crippen LogP contribution in [0, 0.1) is 0 Å². The maximum atomic E-state index is 11.3. The topological polar surface area (TPSA) is 24.4 Å². The maximum absolute atomic E-state index is 11.3. The van der Waals surface area contributed by atoms with Gasteiger partial charge in [-0.05, 0) is 13.0 Å². The summed E-state index contributed by atoms with van der Waals surface area (Å²) in [6.45, 7) is 1.61.